The van der Waals surface area contributed by atoms with Gasteiger partial charge in [0.15, 0.2) is 0 Å². The highest BCUT2D eigenvalue weighted by molar-refractivity contribution is 7.99. The number of hydrogen-bond acceptors (Lipinski definition) is 5. The molecule has 0 amide bonds. The molecule has 0 unspecified atom stereocenters. The molecule has 0 bridgehead atoms. The molecule has 3 rings (SSSR count). The van der Waals surface area contributed by atoms with Crippen molar-refractivity contribution in [3.8, 4) is 17.2 Å². The first kappa shape index (κ1) is 18.5. The van der Waals surface area contributed by atoms with Crippen molar-refractivity contribution in [1.82, 2.24) is 10.2 Å². The summed E-state index contributed by atoms with van der Waals surface area (Å²) in [7, 11) is 1.65. The van der Waals surface area contributed by atoms with Gasteiger partial charge in [0.2, 0.25) is 11.8 Å². The molecule has 1 heterocycles. The number of hydrogen-bond donors (Lipinski definition) is 0. The summed E-state index contributed by atoms with van der Waals surface area (Å²) in [5.41, 5.74) is 2.37. The van der Waals surface area contributed by atoms with E-state index in [-0.39, 0.29) is 10.7 Å². The van der Waals surface area contributed by atoms with Crippen LogP contribution in [0.5, 0.6) is 5.75 Å². The summed E-state index contributed by atoms with van der Waals surface area (Å²) in [5.74, 6) is 1.95. The number of aromatic nitrogens is 2. The van der Waals surface area contributed by atoms with Gasteiger partial charge in [-0.25, -0.2) is 0 Å². The van der Waals surface area contributed by atoms with Gasteiger partial charge >= 0.3 is 0 Å². The van der Waals surface area contributed by atoms with Crippen LogP contribution in [0.25, 0.3) is 11.5 Å². The zero-order valence-electron chi connectivity index (χ0n) is 15.8. The van der Waals surface area contributed by atoms with Gasteiger partial charge < -0.3 is 9.15 Å². The fourth-order valence-corrected chi connectivity index (χ4v) is 3.43. The third-order valence-corrected chi connectivity index (χ3v) is 5.26. The molecule has 0 radical (unpaired) electrons. The van der Waals surface area contributed by atoms with E-state index < -0.39 is 0 Å². The van der Waals surface area contributed by atoms with Crippen LogP contribution in [0.3, 0.4) is 0 Å². The van der Waals surface area contributed by atoms with E-state index in [4.69, 9.17) is 9.15 Å². The molecule has 0 aliphatic carbocycles. The van der Waals surface area contributed by atoms with E-state index >= 15 is 0 Å². The molecular formula is C21H24N2O2S. The highest BCUT2D eigenvalue weighted by Gasteiger charge is 2.17. The molecule has 0 saturated carbocycles. The van der Waals surface area contributed by atoms with Gasteiger partial charge in [0.05, 0.1) is 12.4 Å². The molecule has 26 heavy (non-hydrogen) atoms. The summed E-state index contributed by atoms with van der Waals surface area (Å²) in [6.45, 7) is 8.73. The SMILES string of the molecule is COc1ccc(-c2nnc([C@H](C)Sc3ccc(C(C)(C)C)cc3)o2)cc1. The van der Waals surface area contributed by atoms with E-state index in [0.29, 0.717) is 11.8 Å². The third kappa shape index (κ3) is 4.28. The first-order chi connectivity index (χ1) is 12.4. The second kappa shape index (κ2) is 7.54. The van der Waals surface area contributed by atoms with Gasteiger partial charge in [-0.1, -0.05) is 32.9 Å². The molecule has 0 saturated heterocycles. The van der Waals surface area contributed by atoms with E-state index in [2.05, 4.69) is 62.2 Å². The maximum Gasteiger partial charge on any atom is 0.247 e. The molecule has 0 fully saturated rings. The Morgan fingerprint density at radius 1 is 0.962 bits per heavy atom. The van der Waals surface area contributed by atoms with Crippen molar-refractivity contribution in [2.75, 3.05) is 7.11 Å². The molecule has 3 aromatic rings. The van der Waals surface area contributed by atoms with E-state index in [1.807, 2.05) is 24.3 Å². The van der Waals surface area contributed by atoms with E-state index in [1.165, 1.54) is 10.5 Å². The lowest BCUT2D eigenvalue weighted by atomic mass is 9.87. The van der Waals surface area contributed by atoms with Crippen LogP contribution in [0.15, 0.2) is 57.8 Å². The minimum absolute atomic E-state index is 0.0787. The fourth-order valence-electron chi connectivity index (χ4n) is 2.54. The molecule has 1 aromatic heterocycles. The van der Waals surface area contributed by atoms with Crippen LogP contribution in [0.2, 0.25) is 0 Å². The highest BCUT2D eigenvalue weighted by atomic mass is 32.2. The Labute approximate surface area is 159 Å². The zero-order chi connectivity index (χ0) is 18.7. The normalized spacial score (nSPS) is 12.8. The van der Waals surface area contributed by atoms with Crippen molar-refractivity contribution >= 4 is 11.8 Å². The topological polar surface area (TPSA) is 48.2 Å². The van der Waals surface area contributed by atoms with Gasteiger partial charge in [-0.15, -0.1) is 22.0 Å². The number of methoxy groups -OCH3 is 1. The van der Waals surface area contributed by atoms with Crippen molar-refractivity contribution in [2.24, 2.45) is 0 Å². The molecular weight excluding hydrogens is 344 g/mol. The first-order valence-corrected chi connectivity index (χ1v) is 9.50. The molecule has 2 aromatic carbocycles. The Kier molecular flexibility index (Phi) is 5.37. The van der Waals surface area contributed by atoms with Crippen LogP contribution in [-0.2, 0) is 5.41 Å². The molecule has 136 valence electrons. The van der Waals surface area contributed by atoms with Crippen molar-refractivity contribution in [3.63, 3.8) is 0 Å². The summed E-state index contributed by atoms with van der Waals surface area (Å²) >= 11 is 1.71. The largest absolute Gasteiger partial charge is 0.497 e. The quantitative estimate of drug-likeness (QED) is 0.525. The molecule has 0 N–H and O–H groups in total. The van der Waals surface area contributed by atoms with Crippen LogP contribution in [0.4, 0.5) is 0 Å². The summed E-state index contributed by atoms with van der Waals surface area (Å²) < 4.78 is 11.0. The van der Waals surface area contributed by atoms with Crippen LogP contribution < -0.4 is 4.74 Å². The fraction of sp³-hybridized carbons (Fsp3) is 0.333. The van der Waals surface area contributed by atoms with Gasteiger partial charge in [0.1, 0.15) is 5.75 Å². The maximum atomic E-state index is 5.87. The lowest BCUT2D eigenvalue weighted by molar-refractivity contribution is 0.415. The Hall–Kier alpha value is -2.27. The lowest BCUT2D eigenvalue weighted by Gasteiger charge is -2.19. The van der Waals surface area contributed by atoms with Crippen molar-refractivity contribution in [1.29, 1.82) is 0 Å². The predicted molar refractivity (Wildman–Crippen MR) is 106 cm³/mol. The lowest BCUT2D eigenvalue weighted by Crippen LogP contribution is -2.10. The molecule has 1 atom stereocenters. The average Bonchev–Trinajstić information content (AvgIpc) is 3.12. The smallest absolute Gasteiger partial charge is 0.247 e. The number of rotatable bonds is 5. The van der Waals surface area contributed by atoms with Gasteiger partial charge in [0, 0.05) is 10.5 Å². The average molecular weight is 369 g/mol. The standard InChI is InChI=1S/C21H24N2O2S/c1-14(26-18-12-8-16(9-13-18)21(2,3)4)19-22-23-20(25-19)15-6-10-17(24-5)11-7-15/h6-14H,1-5H3/t14-/m0/s1. The molecule has 0 aliphatic rings. The third-order valence-electron chi connectivity index (χ3n) is 4.16. The van der Waals surface area contributed by atoms with Gasteiger partial charge in [-0.2, -0.15) is 0 Å². The van der Waals surface area contributed by atoms with Crippen LogP contribution in [0, 0.1) is 0 Å². The summed E-state index contributed by atoms with van der Waals surface area (Å²) in [5, 5.41) is 8.48. The Morgan fingerprint density at radius 3 is 2.19 bits per heavy atom. The monoisotopic (exact) mass is 368 g/mol. The van der Waals surface area contributed by atoms with Crippen LogP contribution >= 0.6 is 11.8 Å². The van der Waals surface area contributed by atoms with E-state index in [1.54, 1.807) is 18.9 Å². The summed E-state index contributed by atoms with van der Waals surface area (Å²) in [4.78, 5) is 1.19. The highest BCUT2D eigenvalue weighted by Crippen LogP contribution is 2.36. The molecule has 0 aliphatic heterocycles. The van der Waals surface area contributed by atoms with Gasteiger partial charge in [-0.3, -0.25) is 0 Å². The molecule has 5 heteroatoms. The van der Waals surface area contributed by atoms with Crippen molar-refractivity contribution in [2.45, 2.75) is 43.3 Å². The van der Waals surface area contributed by atoms with Crippen LogP contribution in [-0.4, -0.2) is 17.3 Å². The molecule has 0 spiro atoms. The number of ether oxygens (including phenoxy) is 1. The van der Waals surface area contributed by atoms with Crippen molar-refractivity contribution < 1.29 is 9.15 Å². The maximum absolute atomic E-state index is 5.87. The summed E-state index contributed by atoms with van der Waals surface area (Å²) in [6.07, 6.45) is 0. The van der Waals surface area contributed by atoms with Gasteiger partial charge in [-0.05, 0) is 54.3 Å². The minimum atomic E-state index is 0.0787. The van der Waals surface area contributed by atoms with E-state index in [9.17, 15) is 0 Å². The molecule has 4 nitrogen and oxygen atoms in total. The second-order valence-corrected chi connectivity index (χ2v) is 8.62. The number of thioether (sulfide) groups is 1. The predicted octanol–water partition coefficient (Wildman–Crippen LogP) is 5.90. The first-order valence-electron chi connectivity index (χ1n) is 8.62. The van der Waals surface area contributed by atoms with Crippen LogP contribution in [0.1, 0.15) is 44.4 Å². The second-order valence-electron chi connectivity index (χ2n) is 7.21. The summed E-state index contributed by atoms with van der Waals surface area (Å²) in [6, 6.07) is 16.3. The van der Waals surface area contributed by atoms with Gasteiger partial charge in [0.25, 0.3) is 0 Å². The van der Waals surface area contributed by atoms with Crippen molar-refractivity contribution in [3.05, 3.63) is 60.0 Å². The Balaban J connectivity index is 1.70. The Morgan fingerprint density at radius 2 is 1.62 bits per heavy atom. The zero-order valence-corrected chi connectivity index (χ0v) is 16.6. The minimum Gasteiger partial charge on any atom is -0.497 e. The number of benzene rings is 2. The Bertz CT molecular complexity index is 849. The number of nitrogens with zero attached hydrogens (tertiary/aromatic N) is 2. The van der Waals surface area contributed by atoms with E-state index in [0.717, 1.165) is 11.3 Å².